The van der Waals surface area contributed by atoms with Gasteiger partial charge in [-0.3, -0.25) is 9.58 Å². The topological polar surface area (TPSA) is 79.7 Å². The molecule has 0 aliphatic rings. The number of rotatable bonds is 4. The summed E-state index contributed by atoms with van der Waals surface area (Å²) in [5.74, 6) is 0.205. The largest absolute Gasteiger partial charge is 0.409 e. The molecule has 0 atom stereocenters. The minimum atomic E-state index is 0.205. The van der Waals surface area contributed by atoms with Crippen molar-refractivity contribution in [1.82, 2.24) is 14.7 Å². The Hall–Kier alpha value is -1.56. The lowest BCUT2D eigenvalue weighted by Gasteiger charge is -2.15. The van der Waals surface area contributed by atoms with Crippen LogP contribution in [0, 0.1) is 6.92 Å². The van der Waals surface area contributed by atoms with Crippen molar-refractivity contribution in [3.63, 3.8) is 0 Å². The lowest BCUT2D eigenvalue weighted by atomic mass is 10.3. The molecule has 0 aliphatic heterocycles. The van der Waals surface area contributed by atoms with Crippen molar-refractivity contribution in [1.29, 1.82) is 0 Å². The molecule has 1 heterocycles. The third kappa shape index (κ3) is 3.25. The number of amidine groups is 1. The Kier molecular flexibility index (Phi) is 3.68. The number of aryl methyl sites for hydroxylation is 2. The van der Waals surface area contributed by atoms with Gasteiger partial charge in [-0.15, -0.1) is 0 Å². The average Bonchev–Trinajstić information content (AvgIpc) is 2.44. The zero-order valence-corrected chi connectivity index (χ0v) is 9.30. The van der Waals surface area contributed by atoms with Crippen LogP contribution in [0.5, 0.6) is 0 Å². The second-order valence-electron chi connectivity index (χ2n) is 3.66. The van der Waals surface area contributed by atoms with Gasteiger partial charge in [-0.2, -0.15) is 5.10 Å². The highest BCUT2D eigenvalue weighted by Gasteiger charge is 2.07. The Morgan fingerprint density at radius 2 is 2.40 bits per heavy atom. The maximum absolute atomic E-state index is 8.43. The molecule has 6 nitrogen and oxygen atoms in total. The lowest BCUT2D eigenvalue weighted by Crippen LogP contribution is -2.31. The molecule has 0 radical (unpaired) electrons. The van der Waals surface area contributed by atoms with Crippen molar-refractivity contribution in [3.8, 4) is 0 Å². The molecule has 0 fully saturated rings. The second-order valence-corrected chi connectivity index (χ2v) is 3.66. The van der Waals surface area contributed by atoms with Gasteiger partial charge in [0, 0.05) is 13.6 Å². The number of nitrogens with zero attached hydrogens (tertiary/aromatic N) is 4. The Balaban J connectivity index is 2.58. The van der Waals surface area contributed by atoms with Gasteiger partial charge >= 0.3 is 0 Å². The molecule has 0 aliphatic carbocycles. The highest BCUT2D eigenvalue weighted by atomic mass is 16.4. The summed E-state index contributed by atoms with van der Waals surface area (Å²) in [6, 6.07) is 2.02. The number of nitrogens with two attached hydrogens (primary N) is 1. The molecule has 15 heavy (non-hydrogen) atoms. The van der Waals surface area contributed by atoms with E-state index < -0.39 is 0 Å². The molecule has 1 aromatic heterocycles. The summed E-state index contributed by atoms with van der Waals surface area (Å²) >= 11 is 0. The van der Waals surface area contributed by atoms with Crippen molar-refractivity contribution in [2.24, 2.45) is 17.9 Å². The van der Waals surface area contributed by atoms with Crippen LogP contribution >= 0.6 is 0 Å². The summed E-state index contributed by atoms with van der Waals surface area (Å²) in [5, 5.41) is 15.6. The number of hydrogen-bond donors (Lipinski definition) is 2. The first-order valence-corrected chi connectivity index (χ1v) is 4.67. The SMILES string of the molecule is Cc1cc(CN(C)CC(N)=NO)n(C)n1. The molecule has 0 saturated heterocycles. The maximum Gasteiger partial charge on any atom is 0.153 e. The van der Waals surface area contributed by atoms with Gasteiger partial charge in [0.2, 0.25) is 0 Å². The number of aromatic nitrogens is 2. The van der Waals surface area contributed by atoms with Crippen LogP contribution in [0.2, 0.25) is 0 Å². The van der Waals surface area contributed by atoms with Gasteiger partial charge in [-0.25, -0.2) is 0 Å². The van der Waals surface area contributed by atoms with Gasteiger partial charge in [-0.1, -0.05) is 5.16 Å². The molecular weight excluding hydrogens is 194 g/mol. The molecule has 0 bridgehead atoms. The van der Waals surface area contributed by atoms with Gasteiger partial charge in [0.15, 0.2) is 5.84 Å². The fourth-order valence-corrected chi connectivity index (χ4v) is 1.45. The third-order valence-electron chi connectivity index (χ3n) is 2.09. The van der Waals surface area contributed by atoms with Gasteiger partial charge in [0.25, 0.3) is 0 Å². The van der Waals surface area contributed by atoms with Crippen LogP contribution in [0.3, 0.4) is 0 Å². The maximum atomic E-state index is 8.43. The first kappa shape index (κ1) is 11.5. The molecule has 0 aromatic carbocycles. The Bertz CT molecular complexity index is 357. The first-order chi connectivity index (χ1) is 7.02. The van der Waals surface area contributed by atoms with E-state index in [0.717, 1.165) is 11.4 Å². The minimum absolute atomic E-state index is 0.205. The number of oxime groups is 1. The van der Waals surface area contributed by atoms with Crippen molar-refractivity contribution in [2.75, 3.05) is 13.6 Å². The summed E-state index contributed by atoms with van der Waals surface area (Å²) in [5.41, 5.74) is 7.50. The standard InChI is InChI=1S/C9H17N5O/c1-7-4-8(14(3)11-7)5-13(2)6-9(10)12-15/h4,15H,5-6H2,1-3H3,(H2,10,12). The van der Waals surface area contributed by atoms with Crippen LogP contribution < -0.4 is 5.73 Å². The lowest BCUT2D eigenvalue weighted by molar-refractivity contribution is 0.307. The van der Waals surface area contributed by atoms with Crippen molar-refractivity contribution in [3.05, 3.63) is 17.5 Å². The minimum Gasteiger partial charge on any atom is -0.409 e. The second kappa shape index (κ2) is 4.79. The summed E-state index contributed by atoms with van der Waals surface area (Å²) in [6.07, 6.45) is 0. The molecule has 0 spiro atoms. The van der Waals surface area contributed by atoms with Gasteiger partial charge in [0.05, 0.1) is 17.9 Å². The van der Waals surface area contributed by atoms with Crippen molar-refractivity contribution < 1.29 is 5.21 Å². The van der Waals surface area contributed by atoms with E-state index in [9.17, 15) is 0 Å². The Morgan fingerprint density at radius 3 is 2.87 bits per heavy atom. The predicted octanol–water partition coefficient (Wildman–Crippen LogP) is -0.0933. The molecule has 3 N–H and O–H groups in total. The number of hydrogen-bond acceptors (Lipinski definition) is 4. The van der Waals surface area contributed by atoms with Crippen LogP contribution in [0.25, 0.3) is 0 Å². The van der Waals surface area contributed by atoms with E-state index in [2.05, 4.69) is 10.3 Å². The van der Waals surface area contributed by atoms with Crippen LogP contribution in [0.4, 0.5) is 0 Å². The van der Waals surface area contributed by atoms with Crippen LogP contribution in [-0.2, 0) is 13.6 Å². The van der Waals surface area contributed by atoms with Gasteiger partial charge in [-0.05, 0) is 20.0 Å². The molecule has 0 saturated carbocycles. The average molecular weight is 211 g/mol. The molecule has 1 rings (SSSR count). The Morgan fingerprint density at radius 1 is 1.73 bits per heavy atom. The Labute approximate surface area is 89.0 Å². The zero-order valence-electron chi connectivity index (χ0n) is 9.30. The van der Waals surface area contributed by atoms with Gasteiger partial charge < -0.3 is 10.9 Å². The summed E-state index contributed by atoms with van der Waals surface area (Å²) in [4.78, 5) is 1.95. The highest BCUT2D eigenvalue weighted by molar-refractivity contribution is 5.81. The van der Waals surface area contributed by atoms with E-state index >= 15 is 0 Å². The molecule has 1 aromatic rings. The molecule has 0 unspecified atom stereocenters. The summed E-state index contributed by atoms with van der Waals surface area (Å²) < 4.78 is 1.83. The van der Waals surface area contributed by atoms with Crippen molar-refractivity contribution >= 4 is 5.84 Å². The molecule has 0 amide bonds. The van der Waals surface area contributed by atoms with E-state index in [0.29, 0.717) is 13.1 Å². The van der Waals surface area contributed by atoms with Crippen LogP contribution in [-0.4, -0.2) is 39.3 Å². The van der Waals surface area contributed by atoms with E-state index in [-0.39, 0.29) is 5.84 Å². The van der Waals surface area contributed by atoms with Crippen LogP contribution in [0.1, 0.15) is 11.4 Å². The summed E-state index contributed by atoms with van der Waals surface area (Å²) in [7, 11) is 3.81. The van der Waals surface area contributed by atoms with E-state index in [1.54, 1.807) is 0 Å². The first-order valence-electron chi connectivity index (χ1n) is 4.67. The highest BCUT2D eigenvalue weighted by Crippen LogP contribution is 2.04. The third-order valence-corrected chi connectivity index (χ3v) is 2.09. The van der Waals surface area contributed by atoms with E-state index in [1.165, 1.54) is 0 Å². The monoisotopic (exact) mass is 211 g/mol. The number of likely N-dealkylation sites (N-methyl/N-ethyl adjacent to an activating group) is 1. The summed E-state index contributed by atoms with van der Waals surface area (Å²) in [6.45, 7) is 3.10. The fraction of sp³-hybridized carbons (Fsp3) is 0.556. The van der Waals surface area contributed by atoms with Crippen molar-refractivity contribution in [2.45, 2.75) is 13.5 Å². The van der Waals surface area contributed by atoms with Gasteiger partial charge in [0.1, 0.15) is 0 Å². The predicted molar refractivity (Wildman–Crippen MR) is 57.7 cm³/mol. The molecule has 6 heteroatoms. The quantitative estimate of drug-likeness (QED) is 0.315. The molecule has 84 valence electrons. The normalized spacial score (nSPS) is 12.4. The fourth-order valence-electron chi connectivity index (χ4n) is 1.45. The smallest absolute Gasteiger partial charge is 0.153 e. The molecular formula is C9H17N5O. The van der Waals surface area contributed by atoms with E-state index in [4.69, 9.17) is 10.9 Å². The zero-order chi connectivity index (χ0) is 11.4. The van der Waals surface area contributed by atoms with Crippen LogP contribution in [0.15, 0.2) is 11.2 Å². The van der Waals surface area contributed by atoms with E-state index in [1.807, 2.05) is 36.7 Å².